The molecule has 2 atom stereocenters. The van der Waals surface area contributed by atoms with E-state index in [9.17, 15) is 19.5 Å². The zero-order valence-corrected chi connectivity index (χ0v) is 24.1. The Hall–Kier alpha value is -3.55. The van der Waals surface area contributed by atoms with Gasteiger partial charge in [-0.1, -0.05) is 61.2 Å². The van der Waals surface area contributed by atoms with Gasteiger partial charge in [0.2, 0.25) is 11.8 Å². The summed E-state index contributed by atoms with van der Waals surface area (Å²) in [6.07, 6.45) is 6.30. The molecule has 2 aromatic rings. The molecule has 0 aliphatic heterocycles. The first-order chi connectivity index (χ1) is 19.0. The fraction of sp³-hybridized carbons (Fsp3) is 0.531. The number of aromatic hydroxyl groups is 1. The highest BCUT2D eigenvalue weighted by molar-refractivity contribution is 5.93. The first-order valence-electron chi connectivity index (χ1n) is 14.5. The van der Waals surface area contributed by atoms with Gasteiger partial charge in [0.15, 0.2) is 0 Å². The van der Waals surface area contributed by atoms with Crippen LogP contribution < -0.4 is 10.6 Å². The van der Waals surface area contributed by atoms with Crippen LogP contribution in [0.5, 0.6) is 5.75 Å². The van der Waals surface area contributed by atoms with Gasteiger partial charge in [0.05, 0.1) is 0 Å². The number of carbonyl (C=O) groups excluding carboxylic acids is 3. The molecule has 2 aromatic carbocycles. The van der Waals surface area contributed by atoms with Crippen molar-refractivity contribution in [1.82, 2.24) is 15.5 Å². The number of carbonyl (C=O) groups is 3. The standard InChI is InChI=1S/C32H43N3O5/c1-21-10-14-23(15-11-21)28(29(37)33-24-8-6-5-7-9-24)35(25-16-17-25)30(38)27(34-31(39)40-32(2,3)4)20-22-12-18-26(36)19-13-22/h10-15,18-19,24-25,27-28,36H,5-9,16-17,20H2,1-4H3,(H,33,37)(H,34,39). The van der Waals surface area contributed by atoms with Gasteiger partial charge in [-0.2, -0.15) is 0 Å². The average molecular weight is 550 g/mol. The predicted octanol–water partition coefficient (Wildman–Crippen LogP) is 5.32. The Labute approximate surface area is 237 Å². The number of nitrogens with one attached hydrogen (secondary N) is 2. The van der Waals surface area contributed by atoms with Gasteiger partial charge in [0.25, 0.3) is 0 Å². The van der Waals surface area contributed by atoms with Crippen LogP contribution in [-0.2, 0) is 20.7 Å². The summed E-state index contributed by atoms with van der Waals surface area (Å²) in [5.41, 5.74) is 1.84. The van der Waals surface area contributed by atoms with Crippen molar-refractivity contribution < 1.29 is 24.2 Å². The number of benzene rings is 2. The lowest BCUT2D eigenvalue weighted by atomic mass is 9.94. The number of nitrogens with zero attached hydrogens (tertiary/aromatic N) is 1. The summed E-state index contributed by atoms with van der Waals surface area (Å²) in [5.74, 6) is -0.396. The fourth-order valence-electron chi connectivity index (χ4n) is 5.28. The first kappa shape index (κ1) is 29.4. The van der Waals surface area contributed by atoms with Crippen LogP contribution >= 0.6 is 0 Å². The van der Waals surface area contributed by atoms with Crippen LogP contribution in [-0.4, -0.2) is 51.6 Å². The molecular weight excluding hydrogens is 506 g/mol. The van der Waals surface area contributed by atoms with Gasteiger partial charge in [-0.15, -0.1) is 0 Å². The zero-order chi connectivity index (χ0) is 28.9. The average Bonchev–Trinajstić information content (AvgIpc) is 3.73. The minimum atomic E-state index is -0.963. The van der Waals surface area contributed by atoms with E-state index < -0.39 is 23.8 Å². The second kappa shape index (κ2) is 12.7. The van der Waals surface area contributed by atoms with Crippen molar-refractivity contribution in [2.45, 2.75) is 109 Å². The molecule has 2 unspecified atom stereocenters. The number of phenols is 1. The van der Waals surface area contributed by atoms with Gasteiger partial charge in [-0.3, -0.25) is 9.59 Å². The van der Waals surface area contributed by atoms with Crippen LogP contribution in [0.3, 0.4) is 0 Å². The SMILES string of the molecule is Cc1ccc(C(C(=O)NC2CCCCC2)N(C(=O)C(Cc2ccc(O)cc2)NC(=O)OC(C)(C)C)C2CC2)cc1. The van der Waals surface area contributed by atoms with Gasteiger partial charge in [-0.05, 0) is 76.6 Å². The largest absolute Gasteiger partial charge is 0.508 e. The number of ether oxygens (including phenoxy) is 1. The number of alkyl carbamates (subject to hydrolysis) is 1. The van der Waals surface area contributed by atoms with E-state index in [0.29, 0.717) is 0 Å². The Morgan fingerprint density at radius 1 is 0.950 bits per heavy atom. The van der Waals surface area contributed by atoms with E-state index >= 15 is 0 Å². The Morgan fingerprint density at radius 3 is 2.15 bits per heavy atom. The molecule has 2 aliphatic rings. The van der Waals surface area contributed by atoms with E-state index in [1.54, 1.807) is 49.9 Å². The topological polar surface area (TPSA) is 108 Å². The molecule has 0 saturated heterocycles. The van der Waals surface area contributed by atoms with E-state index in [2.05, 4.69) is 10.6 Å². The minimum absolute atomic E-state index is 0.0954. The molecule has 216 valence electrons. The summed E-state index contributed by atoms with van der Waals surface area (Å²) in [6, 6.07) is 12.5. The zero-order valence-electron chi connectivity index (χ0n) is 24.1. The lowest BCUT2D eigenvalue weighted by Crippen LogP contribution is -2.55. The van der Waals surface area contributed by atoms with Crippen LogP contribution in [0.15, 0.2) is 48.5 Å². The van der Waals surface area contributed by atoms with Crippen molar-refractivity contribution >= 4 is 17.9 Å². The molecule has 0 radical (unpaired) electrons. The summed E-state index contributed by atoms with van der Waals surface area (Å²) in [6.45, 7) is 7.29. The molecule has 0 heterocycles. The smallest absolute Gasteiger partial charge is 0.408 e. The number of hydrogen-bond acceptors (Lipinski definition) is 5. The number of aryl methyl sites for hydroxylation is 1. The molecule has 2 saturated carbocycles. The molecule has 0 bridgehead atoms. The third kappa shape index (κ3) is 8.23. The summed E-state index contributed by atoms with van der Waals surface area (Å²) >= 11 is 0. The highest BCUT2D eigenvalue weighted by atomic mass is 16.6. The Balaban J connectivity index is 1.67. The molecule has 40 heavy (non-hydrogen) atoms. The molecule has 3 N–H and O–H groups in total. The predicted molar refractivity (Wildman–Crippen MR) is 154 cm³/mol. The molecule has 4 rings (SSSR count). The summed E-state index contributed by atoms with van der Waals surface area (Å²) in [5, 5.41) is 15.8. The Morgan fingerprint density at radius 2 is 1.57 bits per heavy atom. The molecule has 2 aliphatic carbocycles. The summed E-state index contributed by atoms with van der Waals surface area (Å²) in [4.78, 5) is 42.9. The van der Waals surface area contributed by atoms with E-state index in [4.69, 9.17) is 4.74 Å². The number of amides is 3. The van der Waals surface area contributed by atoms with Crippen LogP contribution in [0.25, 0.3) is 0 Å². The highest BCUT2D eigenvalue weighted by Crippen LogP contribution is 2.36. The summed E-state index contributed by atoms with van der Waals surface area (Å²) < 4.78 is 5.50. The second-order valence-corrected chi connectivity index (χ2v) is 12.2. The lowest BCUT2D eigenvalue weighted by molar-refractivity contribution is -0.143. The molecule has 8 nitrogen and oxygen atoms in total. The number of rotatable bonds is 9. The maximum atomic E-state index is 14.4. The van der Waals surface area contributed by atoms with Crippen LogP contribution in [0, 0.1) is 6.92 Å². The second-order valence-electron chi connectivity index (χ2n) is 12.2. The van der Waals surface area contributed by atoms with Crippen molar-refractivity contribution in [2.24, 2.45) is 0 Å². The quantitative estimate of drug-likeness (QED) is 0.393. The van der Waals surface area contributed by atoms with Crippen LogP contribution in [0.2, 0.25) is 0 Å². The minimum Gasteiger partial charge on any atom is -0.508 e. The summed E-state index contributed by atoms with van der Waals surface area (Å²) in [7, 11) is 0. The van der Waals surface area contributed by atoms with Gasteiger partial charge >= 0.3 is 6.09 Å². The molecule has 8 heteroatoms. The van der Waals surface area contributed by atoms with Gasteiger partial charge < -0.3 is 25.4 Å². The molecular formula is C32H43N3O5. The normalized spacial score (nSPS) is 17.4. The molecule has 0 spiro atoms. The van der Waals surface area contributed by atoms with E-state index in [0.717, 1.165) is 55.2 Å². The van der Waals surface area contributed by atoms with Gasteiger partial charge in [-0.25, -0.2) is 4.79 Å². The molecule has 3 amide bonds. The lowest BCUT2D eigenvalue weighted by Gasteiger charge is -2.36. The van der Waals surface area contributed by atoms with Gasteiger partial charge in [0, 0.05) is 18.5 Å². The maximum Gasteiger partial charge on any atom is 0.408 e. The Bertz CT molecular complexity index is 1160. The van der Waals surface area contributed by atoms with E-state index in [1.165, 1.54) is 6.42 Å². The van der Waals surface area contributed by atoms with E-state index in [-0.39, 0.29) is 36.1 Å². The third-order valence-electron chi connectivity index (χ3n) is 7.43. The van der Waals surface area contributed by atoms with Crippen molar-refractivity contribution in [3.63, 3.8) is 0 Å². The van der Waals surface area contributed by atoms with Gasteiger partial charge in [0.1, 0.15) is 23.4 Å². The van der Waals surface area contributed by atoms with Crippen molar-refractivity contribution in [3.8, 4) is 5.75 Å². The van der Waals surface area contributed by atoms with Crippen molar-refractivity contribution in [3.05, 3.63) is 65.2 Å². The number of phenolic OH excluding ortho intramolecular Hbond substituents is 1. The Kier molecular flexibility index (Phi) is 9.38. The maximum absolute atomic E-state index is 14.4. The third-order valence-corrected chi connectivity index (χ3v) is 7.43. The van der Waals surface area contributed by atoms with Crippen molar-refractivity contribution in [2.75, 3.05) is 0 Å². The van der Waals surface area contributed by atoms with Crippen molar-refractivity contribution in [1.29, 1.82) is 0 Å². The van der Waals surface area contributed by atoms with Crippen LogP contribution in [0.1, 0.15) is 88.4 Å². The fourth-order valence-corrected chi connectivity index (χ4v) is 5.28. The van der Waals surface area contributed by atoms with Crippen LogP contribution in [0.4, 0.5) is 4.79 Å². The molecule has 2 fully saturated rings. The monoisotopic (exact) mass is 549 g/mol. The molecule has 0 aromatic heterocycles. The van der Waals surface area contributed by atoms with E-state index in [1.807, 2.05) is 31.2 Å². The number of hydrogen-bond donors (Lipinski definition) is 3. The first-order valence-corrected chi connectivity index (χ1v) is 14.5. The highest BCUT2D eigenvalue weighted by Gasteiger charge is 2.44.